The van der Waals surface area contributed by atoms with Crippen molar-refractivity contribution in [3.05, 3.63) is 29.3 Å². The Labute approximate surface area is 132 Å². The van der Waals surface area contributed by atoms with E-state index in [4.69, 9.17) is 9.47 Å². The fourth-order valence-electron chi connectivity index (χ4n) is 2.91. The molecule has 1 unspecified atom stereocenters. The summed E-state index contributed by atoms with van der Waals surface area (Å²) < 4.78 is 11.6. The first kappa shape index (κ1) is 15.8. The van der Waals surface area contributed by atoms with Gasteiger partial charge in [0.1, 0.15) is 11.4 Å². The van der Waals surface area contributed by atoms with Crippen LogP contribution in [0.25, 0.3) is 0 Å². The molecule has 4 heteroatoms. The summed E-state index contributed by atoms with van der Waals surface area (Å²) in [6.07, 6.45) is 3.06. The fraction of sp³-hybridized carbons (Fsp3) is 0.667. The van der Waals surface area contributed by atoms with Crippen LogP contribution in [-0.4, -0.2) is 36.6 Å². The average Bonchev–Trinajstić information content (AvgIpc) is 3.20. The highest BCUT2D eigenvalue weighted by Gasteiger charge is 2.31. The van der Waals surface area contributed by atoms with Crippen molar-refractivity contribution in [1.82, 2.24) is 5.32 Å². The van der Waals surface area contributed by atoms with Gasteiger partial charge in [0.25, 0.3) is 0 Å². The lowest BCUT2D eigenvalue weighted by Crippen LogP contribution is -2.30. The molecule has 1 heterocycles. The zero-order valence-electron chi connectivity index (χ0n) is 13.6. The molecular formula is C18H27NO3. The molecule has 2 aliphatic rings. The minimum absolute atomic E-state index is 0.116. The molecule has 0 radical (unpaired) electrons. The maximum absolute atomic E-state index is 9.92. The molecule has 0 saturated heterocycles. The molecule has 2 N–H and O–H groups in total. The normalized spacial score (nSPS) is 20.5. The molecular weight excluding hydrogens is 278 g/mol. The van der Waals surface area contributed by atoms with E-state index < -0.39 is 6.10 Å². The number of nitrogens with one attached hydrogen (secondary N) is 1. The highest BCUT2D eigenvalue weighted by Crippen LogP contribution is 2.37. The van der Waals surface area contributed by atoms with Gasteiger partial charge in [0.05, 0.1) is 12.7 Å². The van der Waals surface area contributed by atoms with Gasteiger partial charge >= 0.3 is 0 Å². The summed E-state index contributed by atoms with van der Waals surface area (Å²) in [5.41, 5.74) is 2.32. The number of benzene rings is 1. The van der Waals surface area contributed by atoms with Crippen LogP contribution in [0.15, 0.2) is 18.2 Å². The number of ether oxygens (including phenoxy) is 2. The molecule has 3 rings (SSSR count). The van der Waals surface area contributed by atoms with Gasteiger partial charge in [-0.2, -0.15) is 0 Å². The minimum Gasteiger partial charge on any atom is -0.487 e. The van der Waals surface area contributed by atoms with E-state index in [1.807, 2.05) is 0 Å². The van der Waals surface area contributed by atoms with Gasteiger partial charge in [-0.25, -0.2) is 0 Å². The predicted molar refractivity (Wildman–Crippen MR) is 86.1 cm³/mol. The number of hydrogen-bond donors (Lipinski definition) is 2. The van der Waals surface area contributed by atoms with Crippen molar-refractivity contribution in [3.8, 4) is 5.75 Å². The Kier molecular flexibility index (Phi) is 4.71. The van der Waals surface area contributed by atoms with Gasteiger partial charge in [-0.05, 0) is 38.2 Å². The maximum atomic E-state index is 9.92. The van der Waals surface area contributed by atoms with Gasteiger partial charge in [-0.1, -0.05) is 18.2 Å². The standard InChI is InChI=1S/C18H27NO3/c1-18(2)8-14-4-3-5-15(17(14)22-18)9-19-10-16(20)12-21-11-13-6-7-13/h3-5,13,16,19-20H,6-12H2,1-2H3. The van der Waals surface area contributed by atoms with Crippen LogP contribution in [-0.2, 0) is 17.7 Å². The van der Waals surface area contributed by atoms with Gasteiger partial charge in [0.2, 0.25) is 0 Å². The molecule has 122 valence electrons. The molecule has 0 bridgehead atoms. The third-order valence-corrected chi connectivity index (χ3v) is 4.23. The zero-order valence-corrected chi connectivity index (χ0v) is 13.6. The van der Waals surface area contributed by atoms with Crippen LogP contribution in [0.3, 0.4) is 0 Å². The van der Waals surface area contributed by atoms with Crippen molar-refractivity contribution < 1.29 is 14.6 Å². The lowest BCUT2D eigenvalue weighted by Gasteiger charge is -2.18. The van der Waals surface area contributed by atoms with Crippen LogP contribution in [0.2, 0.25) is 0 Å². The third kappa shape index (κ3) is 4.22. The van der Waals surface area contributed by atoms with Gasteiger partial charge in [-0.3, -0.25) is 0 Å². The van der Waals surface area contributed by atoms with E-state index in [-0.39, 0.29) is 5.60 Å². The molecule has 1 saturated carbocycles. The second kappa shape index (κ2) is 6.57. The van der Waals surface area contributed by atoms with Gasteiger partial charge in [-0.15, -0.1) is 0 Å². The van der Waals surface area contributed by atoms with Crippen LogP contribution in [0, 0.1) is 5.92 Å². The Hall–Kier alpha value is -1.10. The SMILES string of the molecule is CC1(C)Cc2cccc(CNCC(O)COCC3CC3)c2O1. The summed E-state index contributed by atoms with van der Waals surface area (Å²) in [4.78, 5) is 0. The van der Waals surface area contributed by atoms with Gasteiger partial charge in [0, 0.05) is 31.7 Å². The van der Waals surface area contributed by atoms with E-state index in [2.05, 4.69) is 37.4 Å². The first-order valence-electron chi connectivity index (χ1n) is 8.30. The van der Waals surface area contributed by atoms with Crippen molar-refractivity contribution >= 4 is 0 Å². The molecule has 1 atom stereocenters. The number of rotatable bonds is 8. The lowest BCUT2D eigenvalue weighted by molar-refractivity contribution is 0.0324. The van der Waals surface area contributed by atoms with Gasteiger partial charge in [0.15, 0.2) is 0 Å². The highest BCUT2D eigenvalue weighted by atomic mass is 16.5. The molecule has 1 fully saturated rings. The number of hydrogen-bond acceptors (Lipinski definition) is 4. The number of aliphatic hydroxyl groups excluding tert-OH is 1. The summed E-state index contributed by atoms with van der Waals surface area (Å²) in [7, 11) is 0. The first-order chi connectivity index (χ1) is 10.5. The smallest absolute Gasteiger partial charge is 0.127 e. The highest BCUT2D eigenvalue weighted by molar-refractivity contribution is 5.45. The monoisotopic (exact) mass is 305 g/mol. The van der Waals surface area contributed by atoms with E-state index in [0.717, 1.165) is 30.3 Å². The van der Waals surface area contributed by atoms with Crippen LogP contribution in [0.1, 0.15) is 37.8 Å². The Morgan fingerprint density at radius 1 is 1.41 bits per heavy atom. The summed E-state index contributed by atoms with van der Waals surface area (Å²) >= 11 is 0. The van der Waals surface area contributed by atoms with Crippen molar-refractivity contribution in [1.29, 1.82) is 0 Å². The predicted octanol–water partition coefficient (Wildman–Crippen LogP) is 2.28. The lowest BCUT2D eigenvalue weighted by atomic mass is 10.0. The molecule has 1 aliphatic heterocycles. The minimum atomic E-state index is -0.451. The molecule has 4 nitrogen and oxygen atoms in total. The van der Waals surface area contributed by atoms with Crippen molar-refractivity contribution in [3.63, 3.8) is 0 Å². The molecule has 22 heavy (non-hydrogen) atoms. The number of aliphatic hydroxyl groups is 1. The van der Waals surface area contributed by atoms with E-state index in [1.165, 1.54) is 18.4 Å². The fourth-order valence-corrected chi connectivity index (χ4v) is 2.91. The van der Waals surface area contributed by atoms with Gasteiger partial charge < -0.3 is 19.9 Å². The van der Waals surface area contributed by atoms with E-state index in [0.29, 0.717) is 19.7 Å². The second-order valence-electron chi connectivity index (χ2n) is 7.21. The summed E-state index contributed by atoms with van der Waals surface area (Å²) in [5, 5.41) is 13.2. The van der Waals surface area contributed by atoms with E-state index >= 15 is 0 Å². The Morgan fingerprint density at radius 3 is 3.00 bits per heavy atom. The Bertz CT molecular complexity index is 511. The molecule has 1 aromatic carbocycles. The average molecular weight is 305 g/mol. The summed E-state index contributed by atoms with van der Waals surface area (Å²) in [5.74, 6) is 1.76. The summed E-state index contributed by atoms with van der Waals surface area (Å²) in [6.45, 7) is 6.69. The third-order valence-electron chi connectivity index (χ3n) is 4.23. The quantitative estimate of drug-likeness (QED) is 0.773. The molecule has 0 amide bonds. The van der Waals surface area contributed by atoms with Crippen LogP contribution < -0.4 is 10.1 Å². The second-order valence-corrected chi connectivity index (χ2v) is 7.21. The number of para-hydroxylation sites is 1. The topological polar surface area (TPSA) is 50.7 Å². The Morgan fingerprint density at radius 2 is 2.23 bits per heavy atom. The largest absolute Gasteiger partial charge is 0.487 e. The Balaban J connectivity index is 1.43. The number of fused-ring (bicyclic) bond motifs is 1. The van der Waals surface area contributed by atoms with E-state index in [9.17, 15) is 5.11 Å². The van der Waals surface area contributed by atoms with Crippen LogP contribution >= 0.6 is 0 Å². The van der Waals surface area contributed by atoms with E-state index in [1.54, 1.807) is 0 Å². The molecule has 1 aliphatic carbocycles. The van der Waals surface area contributed by atoms with Crippen LogP contribution in [0.4, 0.5) is 0 Å². The molecule has 0 spiro atoms. The van der Waals surface area contributed by atoms with Crippen LogP contribution in [0.5, 0.6) is 5.75 Å². The zero-order chi connectivity index (χ0) is 15.6. The molecule has 0 aromatic heterocycles. The van der Waals surface area contributed by atoms with Crippen molar-refractivity contribution in [2.24, 2.45) is 5.92 Å². The summed E-state index contributed by atoms with van der Waals surface area (Å²) in [6, 6.07) is 6.30. The van der Waals surface area contributed by atoms with Crippen molar-refractivity contribution in [2.45, 2.75) is 51.4 Å². The maximum Gasteiger partial charge on any atom is 0.127 e. The first-order valence-corrected chi connectivity index (χ1v) is 8.30. The van der Waals surface area contributed by atoms with Crippen molar-refractivity contribution in [2.75, 3.05) is 19.8 Å². The molecule has 1 aromatic rings.